The number of ether oxygens (including phenoxy) is 2. The Morgan fingerprint density at radius 1 is 1.36 bits per heavy atom. The van der Waals surface area contributed by atoms with Crippen molar-refractivity contribution in [3.05, 3.63) is 47.5 Å². The summed E-state index contributed by atoms with van der Waals surface area (Å²) in [5.41, 5.74) is 1.32. The Hall–Kier alpha value is -2.30. The Kier molecular flexibility index (Phi) is 4.54. The lowest BCUT2D eigenvalue weighted by Gasteiger charge is -2.26. The second-order valence-corrected chi connectivity index (χ2v) is 6.30. The average Bonchev–Trinajstić information content (AvgIpc) is 2.80. The minimum Gasteiger partial charge on any atom is -0.452 e. The van der Waals surface area contributed by atoms with Gasteiger partial charge in [0, 0.05) is 6.08 Å². The van der Waals surface area contributed by atoms with Crippen LogP contribution >= 0.6 is 0 Å². The minimum absolute atomic E-state index is 0.409. The summed E-state index contributed by atoms with van der Waals surface area (Å²) in [4.78, 5) is 23.4. The first-order valence-corrected chi connectivity index (χ1v) is 7.19. The zero-order chi connectivity index (χ0) is 16.3. The number of benzene rings is 1. The predicted molar refractivity (Wildman–Crippen MR) is 82.3 cm³/mol. The maximum atomic E-state index is 12.1. The number of amides is 1. The number of aryl methyl sites for hydroxylation is 1. The van der Waals surface area contributed by atoms with E-state index in [1.165, 1.54) is 6.08 Å². The quantitative estimate of drug-likeness (QED) is 0.872. The van der Waals surface area contributed by atoms with E-state index >= 15 is 0 Å². The van der Waals surface area contributed by atoms with Crippen molar-refractivity contribution in [3.63, 3.8) is 0 Å². The third kappa shape index (κ3) is 4.35. The normalized spacial score (nSPS) is 18.7. The lowest BCUT2D eigenvalue weighted by Crippen LogP contribution is -2.39. The Morgan fingerprint density at radius 3 is 2.64 bits per heavy atom. The number of nitrogens with one attached hydrogen (secondary N) is 1. The fourth-order valence-electron chi connectivity index (χ4n) is 2.22. The molecule has 1 N–H and O–H groups in total. The van der Waals surface area contributed by atoms with Gasteiger partial charge in [0.1, 0.15) is 11.7 Å². The fourth-order valence-corrected chi connectivity index (χ4v) is 2.22. The van der Waals surface area contributed by atoms with Crippen LogP contribution in [0.25, 0.3) is 0 Å². The molecule has 1 aromatic carbocycles. The summed E-state index contributed by atoms with van der Waals surface area (Å²) in [5, 5.41) is 2.79. The summed E-state index contributed by atoms with van der Waals surface area (Å²) >= 11 is 0. The molecule has 1 aliphatic heterocycles. The number of cyclic esters (lactones) is 1. The smallest absolute Gasteiger partial charge is 0.408 e. The summed E-state index contributed by atoms with van der Waals surface area (Å²) in [6.07, 6.45) is 1.92. The van der Waals surface area contributed by atoms with E-state index in [9.17, 15) is 9.59 Å². The van der Waals surface area contributed by atoms with Gasteiger partial charge in [0.15, 0.2) is 0 Å². The minimum atomic E-state index is -0.594. The van der Waals surface area contributed by atoms with E-state index in [1.807, 2.05) is 31.2 Å². The highest BCUT2D eigenvalue weighted by Crippen LogP contribution is 2.25. The van der Waals surface area contributed by atoms with Crippen LogP contribution < -0.4 is 5.32 Å². The van der Waals surface area contributed by atoms with E-state index in [0.717, 1.165) is 11.1 Å². The van der Waals surface area contributed by atoms with Crippen LogP contribution in [0.3, 0.4) is 0 Å². The van der Waals surface area contributed by atoms with Gasteiger partial charge in [-0.2, -0.15) is 0 Å². The van der Waals surface area contributed by atoms with Crippen molar-refractivity contribution in [2.75, 3.05) is 0 Å². The number of carbonyl (C=O) groups is 2. The number of esters is 1. The molecule has 0 saturated heterocycles. The van der Waals surface area contributed by atoms with Crippen LogP contribution in [-0.4, -0.2) is 23.8 Å². The summed E-state index contributed by atoms with van der Waals surface area (Å²) in [6, 6.07) is 7.20. The Morgan fingerprint density at radius 2 is 2.09 bits per heavy atom. The number of hydrogen-bond acceptors (Lipinski definition) is 4. The number of hydrogen-bond donors (Lipinski definition) is 1. The maximum absolute atomic E-state index is 12.1. The van der Waals surface area contributed by atoms with Crippen LogP contribution in [0.1, 0.15) is 37.9 Å². The Bertz CT molecular complexity index is 601. The summed E-state index contributed by atoms with van der Waals surface area (Å²) in [7, 11) is 0. The van der Waals surface area contributed by atoms with Crippen LogP contribution in [0.15, 0.2) is 36.4 Å². The van der Waals surface area contributed by atoms with Gasteiger partial charge in [-0.25, -0.2) is 9.59 Å². The zero-order valence-electron chi connectivity index (χ0n) is 13.3. The molecule has 118 valence electrons. The summed E-state index contributed by atoms with van der Waals surface area (Å²) in [5.74, 6) is -0.409. The molecular formula is C17H21NO4. The highest BCUT2D eigenvalue weighted by atomic mass is 16.6. The molecule has 0 unspecified atom stereocenters. The van der Waals surface area contributed by atoms with E-state index in [2.05, 4.69) is 5.32 Å². The highest BCUT2D eigenvalue weighted by Gasteiger charge is 2.30. The largest absolute Gasteiger partial charge is 0.452 e. The predicted octanol–water partition coefficient (Wildman–Crippen LogP) is 3.04. The van der Waals surface area contributed by atoms with Crippen molar-refractivity contribution in [1.29, 1.82) is 0 Å². The van der Waals surface area contributed by atoms with Gasteiger partial charge in [-0.3, -0.25) is 0 Å². The van der Waals surface area contributed by atoms with Gasteiger partial charge in [0.25, 0.3) is 0 Å². The van der Waals surface area contributed by atoms with Gasteiger partial charge in [-0.15, -0.1) is 0 Å². The molecule has 0 aromatic heterocycles. The van der Waals surface area contributed by atoms with Crippen molar-refractivity contribution in [1.82, 2.24) is 5.32 Å². The van der Waals surface area contributed by atoms with Crippen LogP contribution in [0.4, 0.5) is 4.79 Å². The number of carbonyl (C=O) groups excluding carboxylic acids is 2. The molecule has 0 spiro atoms. The van der Waals surface area contributed by atoms with Crippen molar-refractivity contribution in [2.45, 2.75) is 45.4 Å². The van der Waals surface area contributed by atoms with E-state index in [1.54, 1.807) is 26.8 Å². The van der Waals surface area contributed by atoms with Gasteiger partial charge in [0.2, 0.25) is 0 Å². The molecule has 0 fully saturated rings. The average molecular weight is 303 g/mol. The first-order valence-electron chi connectivity index (χ1n) is 7.19. The van der Waals surface area contributed by atoms with Gasteiger partial charge in [0.05, 0.1) is 6.04 Å². The molecule has 0 radical (unpaired) electrons. The third-order valence-corrected chi connectivity index (χ3v) is 3.08. The molecule has 1 amide bonds. The van der Waals surface area contributed by atoms with Gasteiger partial charge < -0.3 is 14.8 Å². The molecule has 22 heavy (non-hydrogen) atoms. The molecule has 2 atom stereocenters. The first kappa shape index (κ1) is 16.1. The molecule has 0 saturated carbocycles. The second-order valence-electron chi connectivity index (χ2n) is 6.30. The van der Waals surface area contributed by atoms with E-state index in [-0.39, 0.29) is 0 Å². The molecule has 5 heteroatoms. The van der Waals surface area contributed by atoms with Gasteiger partial charge in [-0.05, 0) is 39.3 Å². The van der Waals surface area contributed by atoms with E-state index in [0.29, 0.717) is 0 Å². The van der Waals surface area contributed by atoms with Crippen molar-refractivity contribution in [3.8, 4) is 0 Å². The maximum Gasteiger partial charge on any atom is 0.408 e. The lowest BCUT2D eigenvalue weighted by atomic mass is 10.00. The molecule has 1 aromatic rings. The first-order chi connectivity index (χ1) is 10.2. The molecule has 1 aliphatic rings. The fraction of sp³-hybridized carbons (Fsp3) is 0.412. The number of rotatable bonds is 3. The topological polar surface area (TPSA) is 64.6 Å². The van der Waals surface area contributed by atoms with Crippen molar-refractivity contribution in [2.24, 2.45) is 0 Å². The molecular weight excluding hydrogens is 282 g/mol. The molecule has 0 bridgehead atoms. The molecule has 0 aliphatic carbocycles. The standard InChI is InChI=1S/C17H21NO4/c1-11-6-5-7-12(10-11)15(13-8-9-14(19)21-13)18-16(20)22-17(2,3)4/h5-10,13,15H,1-4H3,(H,18,20)/t13-,15+/m0/s1. The SMILES string of the molecule is Cc1cccc([C@@H](NC(=O)OC(C)(C)C)[C@@H]2C=CC(=O)O2)c1. The van der Waals surface area contributed by atoms with Crippen LogP contribution in [0, 0.1) is 6.92 Å². The molecule has 2 rings (SSSR count). The van der Waals surface area contributed by atoms with Crippen molar-refractivity contribution >= 4 is 12.1 Å². The Labute approximate surface area is 130 Å². The third-order valence-electron chi connectivity index (χ3n) is 3.08. The molecule has 5 nitrogen and oxygen atoms in total. The van der Waals surface area contributed by atoms with Crippen LogP contribution in [-0.2, 0) is 14.3 Å². The van der Waals surface area contributed by atoms with Gasteiger partial charge >= 0.3 is 12.1 Å². The Balaban J connectivity index is 2.21. The zero-order valence-corrected chi connectivity index (χ0v) is 13.3. The second kappa shape index (κ2) is 6.22. The van der Waals surface area contributed by atoms with Crippen LogP contribution in [0.5, 0.6) is 0 Å². The summed E-state index contributed by atoms with van der Waals surface area (Å²) in [6.45, 7) is 7.35. The highest BCUT2D eigenvalue weighted by molar-refractivity contribution is 5.84. The number of alkyl carbamates (subject to hydrolysis) is 1. The summed E-state index contributed by atoms with van der Waals surface area (Å²) < 4.78 is 10.5. The molecule has 1 heterocycles. The van der Waals surface area contributed by atoms with Crippen molar-refractivity contribution < 1.29 is 19.1 Å². The van der Waals surface area contributed by atoms with Crippen LogP contribution in [0.2, 0.25) is 0 Å². The van der Waals surface area contributed by atoms with E-state index in [4.69, 9.17) is 9.47 Å². The van der Waals surface area contributed by atoms with E-state index < -0.39 is 29.8 Å². The lowest BCUT2D eigenvalue weighted by molar-refractivity contribution is -0.139. The monoisotopic (exact) mass is 303 g/mol. The van der Waals surface area contributed by atoms with Gasteiger partial charge in [-0.1, -0.05) is 29.8 Å².